The van der Waals surface area contributed by atoms with Gasteiger partial charge in [0.15, 0.2) is 11.5 Å². The summed E-state index contributed by atoms with van der Waals surface area (Å²) in [6.45, 7) is 5.57. The zero-order chi connectivity index (χ0) is 15.9. The van der Waals surface area contributed by atoms with Gasteiger partial charge in [-0.15, -0.1) is 12.4 Å². The molecule has 1 N–H and O–H groups in total. The van der Waals surface area contributed by atoms with Crippen molar-refractivity contribution < 1.29 is 9.47 Å². The maximum Gasteiger partial charge on any atom is 0.175 e. The molecule has 0 saturated carbocycles. The first-order valence-corrected chi connectivity index (χ1v) is 8.16. The highest BCUT2D eigenvalue weighted by Crippen LogP contribution is 2.37. The first kappa shape index (κ1) is 19.8. The Balaban J connectivity index is 0.00000264. The van der Waals surface area contributed by atoms with Crippen LogP contribution in [-0.2, 0) is 13.2 Å². The summed E-state index contributed by atoms with van der Waals surface area (Å²) in [6, 6.07) is 14.6. The van der Waals surface area contributed by atoms with Crippen molar-refractivity contribution in [1.29, 1.82) is 0 Å². The Morgan fingerprint density at radius 2 is 1.78 bits per heavy atom. The summed E-state index contributed by atoms with van der Waals surface area (Å²) in [7, 11) is 1.66. The molecule has 0 aliphatic rings. The van der Waals surface area contributed by atoms with E-state index in [-0.39, 0.29) is 12.4 Å². The van der Waals surface area contributed by atoms with Crippen molar-refractivity contribution in [2.45, 2.75) is 33.0 Å². The third kappa shape index (κ3) is 6.05. The van der Waals surface area contributed by atoms with Gasteiger partial charge in [0.25, 0.3) is 0 Å². The second-order valence-electron chi connectivity index (χ2n) is 5.42. The average Bonchev–Trinajstić information content (AvgIpc) is 2.52. The van der Waals surface area contributed by atoms with E-state index in [0.29, 0.717) is 12.6 Å². The monoisotopic (exact) mass is 399 g/mol. The number of hydrogen-bond acceptors (Lipinski definition) is 3. The standard InChI is InChI=1S/C18H22BrNO2.ClH/c1-13(2)20-11-15-9-16(19)18(17(10-15)21-3)22-12-14-7-5-4-6-8-14;/h4-10,13,20H,11-12H2,1-3H3;1H. The lowest BCUT2D eigenvalue weighted by Gasteiger charge is -2.15. The van der Waals surface area contributed by atoms with Crippen LogP contribution in [0.25, 0.3) is 0 Å². The molecule has 2 aromatic carbocycles. The predicted octanol–water partition coefficient (Wildman–Crippen LogP) is 4.96. The van der Waals surface area contributed by atoms with Crippen molar-refractivity contribution in [3.05, 3.63) is 58.1 Å². The lowest BCUT2D eigenvalue weighted by atomic mass is 10.2. The first-order chi connectivity index (χ1) is 10.6. The number of rotatable bonds is 7. The molecule has 5 heteroatoms. The lowest BCUT2D eigenvalue weighted by Crippen LogP contribution is -2.21. The number of ether oxygens (including phenoxy) is 2. The number of nitrogens with one attached hydrogen (secondary N) is 1. The Labute approximate surface area is 152 Å². The normalized spacial score (nSPS) is 10.3. The number of halogens is 2. The average molecular weight is 401 g/mol. The van der Waals surface area contributed by atoms with Crippen molar-refractivity contribution >= 4 is 28.3 Å². The molecule has 0 heterocycles. The second kappa shape index (κ2) is 9.81. The van der Waals surface area contributed by atoms with Gasteiger partial charge in [0.1, 0.15) is 6.61 Å². The van der Waals surface area contributed by atoms with Gasteiger partial charge in [-0.25, -0.2) is 0 Å². The SMILES string of the molecule is COc1cc(CNC(C)C)cc(Br)c1OCc1ccccc1.Cl. The third-order valence-corrected chi connectivity index (χ3v) is 3.82. The highest BCUT2D eigenvalue weighted by Gasteiger charge is 2.12. The second-order valence-corrected chi connectivity index (χ2v) is 6.27. The van der Waals surface area contributed by atoms with Crippen LogP contribution in [0.15, 0.2) is 46.9 Å². The Kier molecular flexibility index (Phi) is 8.45. The Hall–Kier alpha value is -1.23. The molecule has 2 rings (SSSR count). The van der Waals surface area contributed by atoms with E-state index in [1.807, 2.05) is 36.4 Å². The van der Waals surface area contributed by atoms with Gasteiger partial charge in [0.2, 0.25) is 0 Å². The number of methoxy groups -OCH3 is 1. The van der Waals surface area contributed by atoms with Crippen LogP contribution in [0.1, 0.15) is 25.0 Å². The maximum atomic E-state index is 5.93. The fourth-order valence-electron chi connectivity index (χ4n) is 2.07. The van der Waals surface area contributed by atoms with E-state index in [2.05, 4.69) is 41.2 Å². The highest BCUT2D eigenvalue weighted by molar-refractivity contribution is 9.10. The lowest BCUT2D eigenvalue weighted by molar-refractivity contribution is 0.282. The van der Waals surface area contributed by atoms with Gasteiger partial charge in [-0.1, -0.05) is 44.2 Å². The molecule has 0 unspecified atom stereocenters. The van der Waals surface area contributed by atoms with Crippen LogP contribution in [0.3, 0.4) is 0 Å². The maximum absolute atomic E-state index is 5.93. The van der Waals surface area contributed by atoms with Crippen molar-refractivity contribution in [3.8, 4) is 11.5 Å². The van der Waals surface area contributed by atoms with Crippen LogP contribution in [-0.4, -0.2) is 13.2 Å². The first-order valence-electron chi connectivity index (χ1n) is 7.36. The number of benzene rings is 2. The molecular weight excluding hydrogens is 378 g/mol. The summed E-state index contributed by atoms with van der Waals surface area (Å²) in [6.07, 6.45) is 0. The van der Waals surface area contributed by atoms with E-state index >= 15 is 0 Å². The topological polar surface area (TPSA) is 30.5 Å². The van der Waals surface area contributed by atoms with Gasteiger partial charge >= 0.3 is 0 Å². The molecule has 0 aliphatic carbocycles. The molecule has 0 saturated heterocycles. The molecule has 0 amide bonds. The molecule has 0 aliphatic heterocycles. The summed E-state index contributed by atoms with van der Waals surface area (Å²) in [4.78, 5) is 0. The Bertz CT molecular complexity index is 605. The van der Waals surface area contributed by atoms with Gasteiger partial charge in [0, 0.05) is 12.6 Å². The number of hydrogen-bond donors (Lipinski definition) is 1. The van der Waals surface area contributed by atoms with Crippen LogP contribution in [0.2, 0.25) is 0 Å². The van der Waals surface area contributed by atoms with Crippen LogP contribution < -0.4 is 14.8 Å². The van der Waals surface area contributed by atoms with E-state index in [1.54, 1.807) is 7.11 Å². The largest absolute Gasteiger partial charge is 0.493 e. The van der Waals surface area contributed by atoms with Gasteiger partial charge in [0.05, 0.1) is 11.6 Å². The molecule has 0 aromatic heterocycles. The highest BCUT2D eigenvalue weighted by atomic mass is 79.9. The van der Waals surface area contributed by atoms with Crippen LogP contribution in [0, 0.1) is 0 Å². The van der Waals surface area contributed by atoms with Crippen molar-refractivity contribution in [2.75, 3.05) is 7.11 Å². The molecule has 2 aromatic rings. The van der Waals surface area contributed by atoms with Crippen LogP contribution >= 0.6 is 28.3 Å². The third-order valence-electron chi connectivity index (χ3n) is 3.23. The van der Waals surface area contributed by atoms with Gasteiger partial charge < -0.3 is 14.8 Å². The zero-order valence-electron chi connectivity index (χ0n) is 13.6. The molecule has 126 valence electrons. The molecule has 0 fully saturated rings. The minimum absolute atomic E-state index is 0. The van der Waals surface area contributed by atoms with Crippen molar-refractivity contribution in [2.24, 2.45) is 0 Å². The summed E-state index contributed by atoms with van der Waals surface area (Å²) in [5.41, 5.74) is 2.28. The summed E-state index contributed by atoms with van der Waals surface area (Å²) < 4.78 is 12.3. The minimum atomic E-state index is 0. The van der Waals surface area contributed by atoms with Gasteiger partial charge in [-0.2, -0.15) is 0 Å². The molecule has 0 radical (unpaired) electrons. The van der Waals surface area contributed by atoms with Crippen molar-refractivity contribution in [3.63, 3.8) is 0 Å². The molecule has 0 bridgehead atoms. The van der Waals surface area contributed by atoms with E-state index in [4.69, 9.17) is 9.47 Å². The molecule has 0 spiro atoms. The van der Waals surface area contributed by atoms with Gasteiger partial charge in [-0.3, -0.25) is 0 Å². The van der Waals surface area contributed by atoms with Crippen molar-refractivity contribution in [1.82, 2.24) is 5.32 Å². The van der Waals surface area contributed by atoms with E-state index in [9.17, 15) is 0 Å². The fourth-order valence-corrected chi connectivity index (χ4v) is 2.67. The molecule has 0 atom stereocenters. The van der Waals surface area contributed by atoms with Crippen LogP contribution in [0.5, 0.6) is 11.5 Å². The minimum Gasteiger partial charge on any atom is -0.493 e. The predicted molar refractivity (Wildman–Crippen MR) is 101 cm³/mol. The Morgan fingerprint density at radius 3 is 2.39 bits per heavy atom. The van der Waals surface area contributed by atoms with Crippen LogP contribution in [0.4, 0.5) is 0 Å². The zero-order valence-corrected chi connectivity index (χ0v) is 16.0. The Morgan fingerprint density at radius 1 is 1.09 bits per heavy atom. The van der Waals surface area contributed by atoms with E-state index in [1.165, 1.54) is 0 Å². The van der Waals surface area contributed by atoms with E-state index in [0.717, 1.165) is 33.6 Å². The van der Waals surface area contributed by atoms with Gasteiger partial charge in [-0.05, 0) is 39.2 Å². The smallest absolute Gasteiger partial charge is 0.175 e. The summed E-state index contributed by atoms with van der Waals surface area (Å²) in [5, 5.41) is 3.40. The summed E-state index contributed by atoms with van der Waals surface area (Å²) in [5.74, 6) is 1.48. The quantitative estimate of drug-likeness (QED) is 0.713. The van der Waals surface area contributed by atoms with E-state index < -0.39 is 0 Å². The molecular formula is C18H23BrClNO2. The molecule has 3 nitrogen and oxygen atoms in total. The summed E-state index contributed by atoms with van der Waals surface area (Å²) >= 11 is 3.59. The fraction of sp³-hybridized carbons (Fsp3) is 0.333. The molecule has 23 heavy (non-hydrogen) atoms.